The van der Waals surface area contributed by atoms with Gasteiger partial charge in [0.15, 0.2) is 11.6 Å². The molecule has 4 aromatic heterocycles. The first-order chi connectivity index (χ1) is 24.4. The van der Waals surface area contributed by atoms with Gasteiger partial charge in [-0.15, -0.1) is 0 Å². The molecule has 7 heterocycles. The van der Waals surface area contributed by atoms with Crippen molar-refractivity contribution in [2.24, 2.45) is 5.41 Å². The molecule has 1 aliphatic carbocycles. The smallest absolute Gasteiger partial charge is 0.297 e. The number of nitrogens with zero attached hydrogens (tertiary/aromatic N) is 6. The fourth-order valence-corrected chi connectivity index (χ4v) is 9.18. The van der Waals surface area contributed by atoms with Crippen LogP contribution in [0.5, 0.6) is 6.01 Å². The molecule has 14 heteroatoms. The second-order valence-corrected chi connectivity index (χ2v) is 14.6. The lowest BCUT2D eigenvalue weighted by molar-refractivity contribution is 0.0625. The number of hydrogen-bond acceptors (Lipinski definition) is 10. The monoisotopic (exact) mass is 703 g/mol. The Morgan fingerprint density at radius 1 is 1.08 bits per heavy atom. The summed E-state index contributed by atoms with van der Waals surface area (Å²) in [5.41, 5.74) is 1.50. The number of halogens is 2. The molecule has 1 spiro atoms. The zero-order valence-corrected chi connectivity index (χ0v) is 29.3. The van der Waals surface area contributed by atoms with Crippen LogP contribution in [0.15, 0.2) is 27.8 Å². The van der Waals surface area contributed by atoms with Crippen molar-refractivity contribution in [3.05, 3.63) is 56.9 Å². The molecule has 3 saturated heterocycles. The van der Waals surface area contributed by atoms with E-state index in [1.165, 1.54) is 19.0 Å². The van der Waals surface area contributed by atoms with Gasteiger partial charge in [-0.05, 0) is 94.5 Å². The Morgan fingerprint density at radius 2 is 1.90 bits per heavy atom. The van der Waals surface area contributed by atoms with E-state index in [-0.39, 0.29) is 28.1 Å². The van der Waals surface area contributed by atoms with E-state index in [1.54, 1.807) is 12.3 Å². The van der Waals surface area contributed by atoms with Crippen LogP contribution in [0.2, 0.25) is 5.02 Å². The topological polar surface area (TPSA) is 151 Å². The molecule has 0 amide bonds. The fraction of sp³-hybridized carbons (Fsp3) is 0.556. The molecule has 9 rings (SSSR count). The van der Waals surface area contributed by atoms with Crippen molar-refractivity contribution in [3.8, 4) is 17.3 Å². The van der Waals surface area contributed by atoms with Crippen LogP contribution in [0.3, 0.4) is 0 Å². The van der Waals surface area contributed by atoms with Gasteiger partial charge in [0, 0.05) is 41.1 Å². The summed E-state index contributed by atoms with van der Waals surface area (Å²) in [4.78, 5) is 31.9. The minimum Gasteiger partial charge on any atom is -0.463 e. The number of benzene rings is 1. The Morgan fingerprint density at radius 3 is 2.68 bits per heavy atom. The third-order valence-corrected chi connectivity index (χ3v) is 11.7. The van der Waals surface area contributed by atoms with Crippen molar-refractivity contribution in [2.45, 2.75) is 89.5 Å². The molecule has 5 aromatic rings. The number of piperidine rings is 1. The summed E-state index contributed by atoms with van der Waals surface area (Å²) in [6, 6.07) is 1.78. The molecule has 264 valence electrons. The third-order valence-electron chi connectivity index (χ3n) is 11.4. The first-order valence-corrected chi connectivity index (χ1v) is 18.4. The van der Waals surface area contributed by atoms with Crippen molar-refractivity contribution in [3.63, 3.8) is 0 Å². The van der Waals surface area contributed by atoms with Crippen LogP contribution in [-0.2, 0) is 12.8 Å². The van der Waals surface area contributed by atoms with E-state index in [2.05, 4.69) is 40.5 Å². The molecule has 1 saturated carbocycles. The fourth-order valence-electron chi connectivity index (χ4n) is 8.88. The van der Waals surface area contributed by atoms with Gasteiger partial charge < -0.3 is 14.6 Å². The lowest BCUT2D eigenvalue weighted by Gasteiger charge is -2.49. The molecule has 0 bridgehead atoms. The minimum absolute atomic E-state index is 0.000724. The van der Waals surface area contributed by atoms with Crippen LogP contribution in [0.4, 0.5) is 4.39 Å². The number of aromatic amines is 2. The van der Waals surface area contributed by atoms with Crippen molar-refractivity contribution >= 4 is 33.4 Å². The first-order valence-electron chi connectivity index (χ1n) is 18.0. The highest BCUT2D eigenvalue weighted by atomic mass is 35.5. The van der Waals surface area contributed by atoms with E-state index in [0.717, 1.165) is 70.5 Å². The van der Waals surface area contributed by atoms with Crippen LogP contribution >= 0.6 is 11.6 Å². The van der Waals surface area contributed by atoms with Crippen molar-refractivity contribution in [2.75, 3.05) is 32.8 Å². The normalized spacial score (nSPS) is 22.8. The molecule has 50 heavy (non-hydrogen) atoms. The highest BCUT2D eigenvalue weighted by Gasteiger charge is 2.47. The number of H-pyrrole nitrogens is 2. The molecular formula is C36H43ClFN9O3. The van der Waals surface area contributed by atoms with Crippen LogP contribution in [0, 0.1) is 11.2 Å². The van der Waals surface area contributed by atoms with Gasteiger partial charge in [0.25, 0.3) is 11.6 Å². The van der Waals surface area contributed by atoms with Gasteiger partial charge in [0.05, 0.1) is 22.6 Å². The summed E-state index contributed by atoms with van der Waals surface area (Å²) >= 11 is 6.85. The Balaban J connectivity index is 0.00000177. The van der Waals surface area contributed by atoms with Crippen LogP contribution in [0.1, 0.15) is 88.4 Å². The maximum atomic E-state index is 16.6. The van der Waals surface area contributed by atoms with Gasteiger partial charge >= 0.3 is 0 Å². The average Bonchev–Trinajstić information content (AvgIpc) is 3.92. The van der Waals surface area contributed by atoms with E-state index in [1.807, 2.05) is 13.8 Å². The van der Waals surface area contributed by atoms with Gasteiger partial charge in [-0.25, -0.2) is 4.39 Å². The number of ether oxygens (including phenoxy) is 1. The molecule has 3 aliphatic heterocycles. The predicted octanol–water partition coefficient (Wildman–Crippen LogP) is 6.10. The van der Waals surface area contributed by atoms with E-state index in [0.29, 0.717) is 63.7 Å². The molecule has 3 N–H and O–H groups in total. The Hall–Kier alpha value is -3.94. The summed E-state index contributed by atoms with van der Waals surface area (Å²) in [5.74, 6) is 0.834. The molecule has 12 nitrogen and oxygen atoms in total. The first kappa shape index (κ1) is 33.2. The maximum Gasteiger partial charge on any atom is 0.297 e. The van der Waals surface area contributed by atoms with Gasteiger partial charge in [-0.2, -0.15) is 15.1 Å². The lowest BCUT2D eigenvalue weighted by Crippen LogP contribution is -2.47. The number of rotatable bonds is 8. The minimum atomic E-state index is -0.729. The number of aryl methyl sites for hydroxylation is 1. The van der Waals surface area contributed by atoms with Crippen LogP contribution < -0.4 is 15.6 Å². The molecule has 0 radical (unpaired) electrons. The van der Waals surface area contributed by atoms with E-state index in [9.17, 15) is 4.79 Å². The third kappa shape index (κ3) is 5.76. The quantitative estimate of drug-likeness (QED) is 0.173. The summed E-state index contributed by atoms with van der Waals surface area (Å²) in [6.45, 7) is 8.64. The molecule has 1 aromatic carbocycles. The highest BCUT2D eigenvalue weighted by molar-refractivity contribution is 6.33. The number of aromatic nitrogens is 7. The molecule has 0 atom stereocenters. The molecule has 0 unspecified atom stereocenters. The molecular weight excluding hydrogens is 661 g/mol. The largest absolute Gasteiger partial charge is 0.463 e. The zero-order chi connectivity index (χ0) is 34.5. The SMILES string of the molecule is CC.O=c1[nH]c(OCC23CCCN2CCC3)nc2c(F)c(-c3c(CCc4nc(C5CC6(CCCNC6)C5)no4)c(Cl)cc4[nH]ncc34)ncc12. The Labute approximate surface area is 293 Å². The lowest BCUT2D eigenvalue weighted by atomic mass is 9.58. The summed E-state index contributed by atoms with van der Waals surface area (Å²) in [5, 5.41) is 16.1. The van der Waals surface area contributed by atoms with Gasteiger partial charge in [0.2, 0.25) is 5.89 Å². The summed E-state index contributed by atoms with van der Waals surface area (Å²) in [7, 11) is 0. The Bertz CT molecular complexity index is 2070. The van der Waals surface area contributed by atoms with E-state index < -0.39 is 11.4 Å². The Kier molecular flexibility index (Phi) is 8.84. The second-order valence-electron chi connectivity index (χ2n) is 14.2. The van der Waals surface area contributed by atoms with Crippen LogP contribution in [0.25, 0.3) is 33.1 Å². The summed E-state index contributed by atoms with van der Waals surface area (Å²) < 4.78 is 28.4. The molecule has 4 fully saturated rings. The van der Waals surface area contributed by atoms with Gasteiger partial charge in [-0.1, -0.05) is 30.6 Å². The van der Waals surface area contributed by atoms with Gasteiger partial charge in [0.1, 0.15) is 17.8 Å². The van der Waals surface area contributed by atoms with E-state index in [4.69, 9.17) is 25.8 Å². The summed E-state index contributed by atoms with van der Waals surface area (Å²) in [6.07, 6.45) is 12.7. The molecule has 4 aliphatic rings. The predicted molar refractivity (Wildman–Crippen MR) is 188 cm³/mol. The highest BCUT2D eigenvalue weighted by Crippen LogP contribution is 2.53. The van der Waals surface area contributed by atoms with Gasteiger partial charge in [-0.3, -0.25) is 24.8 Å². The zero-order valence-electron chi connectivity index (χ0n) is 28.6. The van der Waals surface area contributed by atoms with E-state index >= 15 is 4.39 Å². The number of hydrogen-bond donors (Lipinski definition) is 3. The maximum absolute atomic E-state index is 16.6. The van der Waals surface area contributed by atoms with Crippen LogP contribution in [-0.4, -0.2) is 78.5 Å². The standard InChI is InChI=1S/C34H37ClFN9O3.C2H6/c35-23-12-24-21(16-39-43-24)26(20(23)4-5-25-40-30(44-48-25)19-13-33(14-19)6-1-9-37-17-33)29-27(36)28-22(15-38-29)31(46)42-32(41-28)47-18-34-7-2-10-45(34)11-3-8-34;1-2/h12,15-16,19,37H,1-11,13-14,17-18H2,(H,39,43)(H,41,42,46);1-2H3. The number of nitrogens with one attached hydrogen (secondary N) is 3. The van der Waals surface area contributed by atoms with Crippen molar-refractivity contribution < 1.29 is 13.7 Å². The second kappa shape index (κ2) is 13.3. The van der Waals surface area contributed by atoms with Crippen molar-refractivity contribution in [1.82, 2.24) is 45.5 Å². The average molecular weight is 704 g/mol. The number of pyridine rings is 1. The van der Waals surface area contributed by atoms with Crippen molar-refractivity contribution in [1.29, 1.82) is 0 Å². The number of fused-ring (bicyclic) bond motifs is 3.